The summed E-state index contributed by atoms with van der Waals surface area (Å²) in [5.41, 5.74) is -0.540. The van der Waals surface area contributed by atoms with Gasteiger partial charge < -0.3 is 24.6 Å². The van der Waals surface area contributed by atoms with Crippen molar-refractivity contribution in [2.24, 2.45) is 0 Å². The molecule has 0 aliphatic heterocycles. The molecule has 1 amide bonds. The molecule has 0 aliphatic carbocycles. The largest absolute Gasteiger partial charge is 0.503 e. The number of amides is 1. The first-order chi connectivity index (χ1) is 17.5. The number of alkyl halides is 3. The number of hydrogen-bond donors (Lipinski definition) is 2. The van der Waals surface area contributed by atoms with E-state index >= 15 is 0 Å². The molecule has 1 aromatic heterocycles. The number of benzene rings is 2. The van der Waals surface area contributed by atoms with Crippen molar-refractivity contribution in [3.05, 3.63) is 83.7 Å². The molecule has 3 rings (SSSR count). The number of nitrogens with zero attached hydrogens (tertiary/aromatic N) is 1. The normalized spacial score (nSPS) is 13.7. The first kappa shape index (κ1) is 27.3. The second-order valence-corrected chi connectivity index (χ2v) is 8.02. The molecule has 2 aromatic carbocycles. The molecule has 0 fully saturated rings. The lowest BCUT2D eigenvalue weighted by Crippen LogP contribution is -2.42. The molecular weight excluding hydrogens is 493 g/mol. The Morgan fingerprint density at radius 2 is 1.65 bits per heavy atom. The summed E-state index contributed by atoms with van der Waals surface area (Å²) in [5.74, 6) is -1.93. The van der Waals surface area contributed by atoms with E-state index in [0.29, 0.717) is 5.56 Å². The van der Waals surface area contributed by atoms with Crippen molar-refractivity contribution in [2.75, 3.05) is 7.11 Å². The summed E-state index contributed by atoms with van der Waals surface area (Å²) in [6, 6.07) is 13.1. The van der Waals surface area contributed by atoms with Crippen molar-refractivity contribution >= 4 is 11.9 Å². The number of hydrogen-bond acceptors (Lipinski definition) is 7. The molecule has 0 unspecified atom stereocenters. The molecule has 0 bridgehead atoms. The number of carbonyl (C=O) groups is 2. The van der Waals surface area contributed by atoms with Crippen LogP contribution in [0.15, 0.2) is 66.9 Å². The molecule has 2 N–H and O–H groups in total. The summed E-state index contributed by atoms with van der Waals surface area (Å²) in [6.07, 6.45) is -4.99. The van der Waals surface area contributed by atoms with Crippen molar-refractivity contribution in [3.8, 4) is 17.2 Å². The first-order valence-electron chi connectivity index (χ1n) is 11.1. The lowest BCUT2D eigenvalue weighted by molar-refractivity contribution is -0.154. The highest BCUT2D eigenvalue weighted by atomic mass is 19.4. The van der Waals surface area contributed by atoms with Gasteiger partial charge in [-0.1, -0.05) is 30.3 Å². The summed E-state index contributed by atoms with van der Waals surface area (Å²) in [5, 5.41) is 12.5. The monoisotopic (exact) mass is 518 g/mol. The van der Waals surface area contributed by atoms with Crippen LogP contribution >= 0.6 is 0 Å². The molecule has 3 atom stereocenters. The van der Waals surface area contributed by atoms with Crippen LogP contribution in [0.2, 0.25) is 0 Å². The highest BCUT2D eigenvalue weighted by Gasteiger charge is 2.31. The SMILES string of the molecule is COc1ccnc(C(=O)N[C@@H](C)C(=O)O[C@@H](C)[C@H](Oc2ccc(C(F)(F)F)cc2)c2ccccc2)c1O. The Morgan fingerprint density at radius 3 is 2.24 bits per heavy atom. The average Bonchev–Trinajstić information content (AvgIpc) is 2.87. The summed E-state index contributed by atoms with van der Waals surface area (Å²) in [7, 11) is 1.31. The first-order valence-corrected chi connectivity index (χ1v) is 11.1. The van der Waals surface area contributed by atoms with Gasteiger partial charge in [0.2, 0.25) is 0 Å². The van der Waals surface area contributed by atoms with E-state index in [1.807, 2.05) is 0 Å². The number of methoxy groups -OCH3 is 1. The number of rotatable bonds is 9. The van der Waals surface area contributed by atoms with Crippen LogP contribution in [-0.2, 0) is 15.7 Å². The highest BCUT2D eigenvalue weighted by molar-refractivity contribution is 5.97. The maximum Gasteiger partial charge on any atom is 0.416 e. The number of carbonyl (C=O) groups excluding carboxylic acids is 2. The van der Waals surface area contributed by atoms with Gasteiger partial charge in [0.15, 0.2) is 23.3 Å². The summed E-state index contributed by atoms with van der Waals surface area (Å²) in [4.78, 5) is 29.1. The van der Waals surface area contributed by atoms with E-state index in [9.17, 15) is 27.9 Å². The molecule has 0 saturated carbocycles. The predicted octanol–water partition coefficient (Wildman–Crippen LogP) is 4.68. The molecule has 3 aromatic rings. The summed E-state index contributed by atoms with van der Waals surface area (Å²) in [6.45, 7) is 2.95. The van der Waals surface area contributed by atoms with Crippen molar-refractivity contribution in [1.82, 2.24) is 10.3 Å². The highest BCUT2D eigenvalue weighted by Crippen LogP contribution is 2.32. The summed E-state index contributed by atoms with van der Waals surface area (Å²) >= 11 is 0. The molecular formula is C26H25F3N2O6. The molecule has 1 heterocycles. The minimum absolute atomic E-state index is 0.0371. The molecule has 11 heteroatoms. The number of esters is 1. The van der Waals surface area contributed by atoms with Gasteiger partial charge in [0.25, 0.3) is 5.91 Å². The van der Waals surface area contributed by atoms with Gasteiger partial charge in [0.05, 0.1) is 12.7 Å². The zero-order chi connectivity index (χ0) is 27.2. The van der Waals surface area contributed by atoms with E-state index in [1.165, 1.54) is 38.4 Å². The summed E-state index contributed by atoms with van der Waals surface area (Å²) < 4.78 is 55.1. The fourth-order valence-electron chi connectivity index (χ4n) is 3.38. The molecule has 0 saturated heterocycles. The lowest BCUT2D eigenvalue weighted by atomic mass is 10.0. The Bertz CT molecular complexity index is 1220. The zero-order valence-corrected chi connectivity index (χ0v) is 20.2. The number of aromatic nitrogens is 1. The van der Waals surface area contributed by atoms with Crippen LogP contribution in [0.3, 0.4) is 0 Å². The molecule has 0 radical (unpaired) electrons. The zero-order valence-electron chi connectivity index (χ0n) is 20.2. The van der Waals surface area contributed by atoms with Crippen LogP contribution in [0.25, 0.3) is 0 Å². The maximum absolute atomic E-state index is 12.9. The molecule has 0 aliphatic rings. The van der Waals surface area contributed by atoms with Gasteiger partial charge in [-0.3, -0.25) is 4.79 Å². The van der Waals surface area contributed by atoms with E-state index < -0.39 is 47.6 Å². The third-order valence-corrected chi connectivity index (χ3v) is 5.32. The Kier molecular flexibility index (Phi) is 8.59. The Hall–Kier alpha value is -4.28. The van der Waals surface area contributed by atoms with E-state index in [2.05, 4.69) is 10.3 Å². The second-order valence-electron chi connectivity index (χ2n) is 8.02. The quantitative estimate of drug-likeness (QED) is 0.396. The maximum atomic E-state index is 12.9. The van der Waals surface area contributed by atoms with Gasteiger partial charge in [-0.2, -0.15) is 13.2 Å². The van der Waals surface area contributed by atoms with Crippen LogP contribution in [0.1, 0.15) is 41.6 Å². The van der Waals surface area contributed by atoms with E-state index in [1.54, 1.807) is 37.3 Å². The molecule has 0 spiro atoms. The standard InChI is InChI=1S/C26H25F3N2O6/c1-15(31-24(33)21-22(32)20(35-3)13-14-30-21)25(34)36-16(2)23(17-7-5-4-6-8-17)37-19-11-9-18(10-12-19)26(27,28)29/h4-16,23,32H,1-3H3,(H,31,33)/t15-,16-,23-/m0/s1. The molecule has 37 heavy (non-hydrogen) atoms. The van der Waals surface area contributed by atoms with Gasteiger partial charge in [0, 0.05) is 12.3 Å². The Labute approximate surface area is 211 Å². The fourth-order valence-corrected chi connectivity index (χ4v) is 3.38. The van der Waals surface area contributed by atoms with Gasteiger partial charge in [-0.05, 0) is 43.7 Å². The van der Waals surface area contributed by atoms with Crippen LogP contribution in [-0.4, -0.2) is 41.2 Å². The van der Waals surface area contributed by atoms with Crippen molar-refractivity contribution in [3.63, 3.8) is 0 Å². The van der Waals surface area contributed by atoms with Crippen LogP contribution in [0, 0.1) is 0 Å². The number of ether oxygens (including phenoxy) is 3. The topological polar surface area (TPSA) is 107 Å². The third kappa shape index (κ3) is 6.90. The third-order valence-electron chi connectivity index (χ3n) is 5.32. The predicted molar refractivity (Wildman–Crippen MR) is 126 cm³/mol. The van der Waals surface area contributed by atoms with Crippen LogP contribution in [0.5, 0.6) is 17.2 Å². The molecule has 196 valence electrons. The lowest BCUT2D eigenvalue weighted by Gasteiger charge is -2.27. The average molecular weight is 518 g/mol. The van der Waals surface area contributed by atoms with Gasteiger partial charge in [-0.15, -0.1) is 0 Å². The fraction of sp³-hybridized carbons (Fsp3) is 0.269. The number of halogens is 3. The van der Waals surface area contributed by atoms with Crippen molar-refractivity contribution < 1.29 is 42.1 Å². The second kappa shape index (κ2) is 11.6. The Balaban J connectivity index is 1.72. The minimum atomic E-state index is -4.49. The smallest absolute Gasteiger partial charge is 0.416 e. The number of nitrogens with one attached hydrogen (secondary N) is 1. The van der Waals surface area contributed by atoms with Crippen molar-refractivity contribution in [1.29, 1.82) is 0 Å². The van der Waals surface area contributed by atoms with Crippen LogP contribution in [0.4, 0.5) is 13.2 Å². The van der Waals surface area contributed by atoms with E-state index in [4.69, 9.17) is 14.2 Å². The van der Waals surface area contributed by atoms with Gasteiger partial charge >= 0.3 is 12.1 Å². The van der Waals surface area contributed by atoms with Gasteiger partial charge in [-0.25, -0.2) is 9.78 Å². The number of pyridine rings is 1. The molecule has 8 nitrogen and oxygen atoms in total. The van der Waals surface area contributed by atoms with E-state index in [-0.39, 0.29) is 17.2 Å². The van der Waals surface area contributed by atoms with Gasteiger partial charge in [0.1, 0.15) is 17.9 Å². The van der Waals surface area contributed by atoms with E-state index in [0.717, 1.165) is 12.1 Å². The minimum Gasteiger partial charge on any atom is -0.503 e. The Morgan fingerprint density at radius 1 is 1.00 bits per heavy atom. The number of aromatic hydroxyl groups is 1. The van der Waals surface area contributed by atoms with Crippen LogP contribution < -0.4 is 14.8 Å². The van der Waals surface area contributed by atoms with Crippen molar-refractivity contribution in [2.45, 2.75) is 38.3 Å².